The van der Waals surface area contributed by atoms with E-state index in [1.165, 1.54) is 34.6 Å². The third-order valence-corrected chi connectivity index (χ3v) is 6.93. The third-order valence-electron chi connectivity index (χ3n) is 6.93. The largest absolute Gasteiger partial charge is 0.365 e. The van der Waals surface area contributed by atoms with E-state index in [1.54, 1.807) is 0 Å². The molecule has 5 rings (SSSR count). The number of hydrogen-bond acceptors (Lipinski definition) is 4. The molecular weight excluding hydrogens is 436 g/mol. The van der Waals surface area contributed by atoms with Gasteiger partial charge in [0.1, 0.15) is 0 Å². The highest BCUT2D eigenvalue weighted by Gasteiger charge is 2.42. The molecule has 1 fully saturated rings. The lowest BCUT2D eigenvalue weighted by Crippen LogP contribution is -2.42. The number of aromatic nitrogens is 1. The van der Waals surface area contributed by atoms with Gasteiger partial charge < -0.3 is 9.64 Å². The van der Waals surface area contributed by atoms with E-state index in [2.05, 4.69) is 28.1 Å². The number of nitrogens with zero attached hydrogens (tertiary/aromatic N) is 3. The molecule has 0 unspecified atom stereocenters. The summed E-state index contributed by atoms with van der Waals surface area (Å²) in [7, 11) is 0. The van der Waals surface area contributed by atoms with Crippen LogP contribution in [0.15, 0.2) is 60.9 Å². The Bertz CT molecular complexity index is 1190. The molecule has 1 saturated heterocycles. The maximum absolute atomic E-state index is 13.7. The second-order valence-corrected chi connectivity index (χ2v) is 9.11. The van der Waals surface area contributed by atoms with E-state index >= 15 is 0 Å². The van der Waals surface area contributed by atoms with Gasteiger partial charge in [-0.25, -0.2) is 8.78 Å². The molecule has 0 saturated carbocycles. The van der Waals surface area contributed by atoms with Crippen molar-refractivity contribution in [2.75, 3.05) is 18.0 Å². The monoisotopic (exact) mass is 463 g/mol. The summed E-state index contributed by atoms with van der Waals surface area (Å²) >= 11 is 0. The number of piperidine rings is 1. The van der Waals surface area contributed by atoms with Gasteiger partial charge in [-0.2, -0.15) is 0 Å². The first kappa shape index (κ1) is 22.6. The smallest absolute Gasteiger partial charge is 0.224 e. The van der Waals surface area contributed by atoms with Crippen molar-refractivity contribution in [3.05, 3.63) is 94.8 Å². The van der Waals surface area contributed by atoms with Gasteiger partial charge in [-0.05, 0) is 47.7 Å². The van der Waals surface area contributed by atoms with Gasteiger partial charge in [0.25, 0.3) is 0 Å². The van der Waals surface area contributed by atoms with E-state index in [0.29, 0.717) is 12.3 Å². The van der Waals surface area contributed by atoms with Gasteiger partial charge in [0, 0.05) is 56.3 Å². The van der Waals surface area contributed by atoms with E-state index < -0.39 is 11.6 Å². The Labute approximate surface area is 198 Å². The average molecular weight is 464 g/mol. The SMILES string of the molecule is CC(=O)N(Cc1ccc(CN2CCC3(CC2)OCc2ccncc23)cc1)c1ccc(F)c(F)c1. The van der Waals surface area contributed by atoms with Gasteiger partial charge in [-0.1, -0.05) is 24.3 Å². The van der Waals surface area contributed by atoms with E-state index in [-0.39, 0.29) is 18.1 Å². The first-order valence-corrected chi connectivity index (χ1v) is 11.5. The normalized spacial score (nSPS) is 17.0. The molecule has 1 spiro atoms. The predicted octanol–water partition coefficient (Wildman–Crippen LogP) is 4.93. The lowest BCUT2D eigenvalue weighted by Gasteiger charge is -2.39. The van der Waals surface area contributed by atoms with Crippen LogP contribution in [0.4, 0.5) is 14.5 Å². The van der Waals surface area contributed by atoms with Gasteiger partial charge in [-0.3, -0.25) is 14.7 Å². The number of amides is 1. The van der Waals surface area contributed by atoms with Gasteiger partial charge >= 0.3 is 0 Å². The lowest BCUT2D eigenvalue weighted by atomic mass is 9.84. The van der Waals surface area contributed by atoms with Gasteiger partial charge in [0.15, 0.2) is 11.6 Å². The van der Waals surface area contributed by atoms with Crippen molar-refractivity contribution in [3.8, 4) is 0 Å². The number of ether oxygens (including phenoxy) is 1. The van der Waals surface area contributed by atoms with Crippen molar-refractivity contribution in [1.29, 1.82) is 0 Å². The van der Waals surface area contributed by atoms with E-state index in [4.69, 9.17) is 4.74 Å². The molecule has 0 atom stereocenters. The molecule has 2 aliphatic rings. The Morgan fingerprint density at radius 1 is 1.06 bits per heavy atom. The Hall–Kier alpha value is -3.16. The minimum Gasteiger partial charge on any atom is -0.365 e. The van der Waals surface area contributed by atoms with Crippen LogP contribution in [0.3, 0.4) is 0 Å². The molecule has 0 aliphatic carbocycles. The summed E-state index contributed by atoms with van der Waals surface area (Å²) in [4.78, 5) is 20.3. The van der Waals surface area contributed by atoms with Crippen molar-refractivity contribution in [2.45, 2.75) is 45.1 Å². The number of halogens is 2. The molecule has 34 heavy (non-hydrogen) atoms. The van der Waals surface area contributed by atoms with Gasteiger partial charge in [0.2, 0.25) is 5.91 Å². The number of hydrogen-bond donors (Lipinski definition) is 0. The highest BCUT2D eigenvalue weighted by molar-refractivity contribution is 5.91. The first-order valence-electron chi connectivity index (χ1n) is 11.5. The zero-order chi connectivity index (χ0) is 23.7. The molecular formula is C27H27F2N3O2. The molecule has 0 bridgehead atoms. The van der Waals surface area contributed by atoms with Crippen molar-refractivity contribution in [1.82, 2.24) is 9.88 Å². The predicted molar refractivity (Wildman–Crippen MR) is 125 cm³/mol. The van der Waals surface area contributed by atoms with Crippen LogP contribution < -0.4 is 4.90 Å². The number of likely N-dealkylation sites (tertiary alicyclic amines) is 1. The van der Waals surface area contributed by atoms with Crippen LogP contribution >= 0.6 is 0 Å². The summed E-state index contributed by atoms with van der Waals surface area (Å²) in [6.07, 6.45) is 5.69. The maximum atomic E-state index is 13.7. The Kier molecular flexibility index (Phi) is 6.15. The summed E-state index contributed by atoms with van der Waals surface area (Å²) in [5.41, 5.74) is 4.75. The molecule has 0 N–H and O–H groups in total. The molecule has 1 aromatic heterocycles. The zero-order valence-corrected chi connectivity index (χ0v) is 19.1. The summed E-state index contributed by atoms with van der Waals surface area (Å²) in [6, 6.07) is 13.7. The van der Waals surface area contributed by atoms with Crippen LogP contribution in [0.1, 0.15) is 42.0 Å². The fraction of sp³-hybridized carbons (Fsp3) is 0.333. The number of carbonyl (C=O) groups excluding carboxylic acids is 1. The number of fused-ring (bicyclic) bond motifs is 2. The highest BCUT2D eigenvalue weighted by Crippen LogP contribution is 2.43. The molecule has 2 aliphatic heterocycles. The maximum Gasteiger partial charge on any atom is 0.224 e. The summed E-state index contributed by atoms with van der Waals surface area (Å²) in [6.45, 7) is 5.12. The van der Waals surface area contributed by atoms with Gasteiger partial charge in [0.05, 0.1) is 18.8 Å². The topological polar surface area (TPSA) is 45.7 Å². The van der Waals surface area contributed by atoms with Crippen molar-refractivity contribution in [2.24, 2.45) is 0 Å². The molecule has 2 aromatic carbocycles. The molecule has 5 nitrogen and oxygen atoms in total. The molecule has 7 heteroatoms. The fourth-order valence-electron chi connectivity index (χ4n) is 4.97. The summed E-state index contributed by atoms with van der Waals surface area (Å²) in [5, 5.41) is 0. The first-order chi connectivity index (χ1) is 16.4. The van der Waals surface area contributed by atoms with Gasteiger partial charge in [-0.15, -0.1) is 0 Å². The zero-order valence-electron chi connectivity index (χ0n) is 19.1. The van der Waals surface area contributed by atoms with Crippen LogP contribution in [0, 0.1) is 11.6 Å². The van der Waals surface area contributed by atoms with Crippen LogP contribution in [0.5, 0.6) is 0 Å². The molecule has 3 aromatic rings. The van der Waals surface area contributed by atoms with Crippen molar-refractivity contribution >= 4 is 11.6 Å². The minimum atomic E-state index is -0.967. The van der Waals surface area contributed by atoms with Crippen LogP contribution in [0.2, 0.25) is 0 Å². The number of benzene rings is 2. The highest BCUT2D eigenvalue weighted by atomic mass is 19.2. The standard InChI is InChI=1S/C27H27F2N3O2/c1-19(33)32(23-6-7-25(28)26(29)14-23)17-21-4-2-20(3-5-21)16-31-12-9-27(10-13-31)24-15-30-11-8-22(24)18-34-27/h2-8,11,14-15H,9-10,12-13,16-18H2,1H3. The molecule has 176 valence electrons. The third kappa shape index (κ3) is 4.45. The summed E-state index contributed by atoms with van der Waals surface area (Å²) < 4.78 is 33.2. The average Bonchev–Trinajstić information content (AvgIpc) is 3.20. The van der Waals surface area contributed by atoms with Crippen LogP contribution in [-0.2, 0) is 34.8 Å². The lowest BCUT2D eigenvalue weighted by molar-refractivity contribution is -0.116. The quantitative estimate of drug-likeness (QED) is 0.538. The fourth-order valence-corrected chi connectivity index (χ4v) is 4.97. The van der Waals surface area contributed by atoms with Crippen molar-refractivity contribution < 1.29 is 18.3 Å². The van der Waals surface area contributed by atoms with E-state index in [1.807, 2.05) is 24.5 Å². The number of carbonyl (C=O) groups is 1. The number of pyridine rings is 1. The Morgan fingerprint density at radius 3 is 2.50 bits per heavy atom. The van der Waals surface area contributed by atoms with E-state index in [9.17, 15) is 13.6 Å². The van der Waals surface area contributed by atoms with E-state index in [0.717, 1.165) is 50.2 Å². The Morgan fingerprint density at radius 2 is 1.79 bits per heavy atom. The second-order valence-electron chi connectivity index (χ2n) is 9.11. The number of anilines is 1. The summed E-state index contributed by atoms with van der Waals surface area (Å²) in [5.74, 6) is -2.13. The van der Waals surface area contributed by atoms with Crippen LogP contribution in [-0.4, -0.2) is 28.9 Å². The molecule has 0 radical (unpaired) electrons. The Balaban J connectivity index is 1.20. The number of rotatable bonds is 5. The molecule has 3 heterocycles. The van der Waals surface area contributed by atoms with Crippen molar-refractivity contribution in [3.63, 3.8) is 0 Å². The second kappa shape index (κ2) is 9.24. The minimum absolute atomic E-state index is 0.195. The molecule has 1 amide bonds. The van der Waals surface area contributed by atoms with Crippen LogP contribution in [0.25, 0.3) is 0 Å².